The van der Waals surface area contributed by atoms with E-state index >= 15 is 0 Å². The maximum atomic E-state index is 13.8. The van der Waals surface area contributed by atoms with Gasteiger partial charge in [-0.2, -0.15) is 18.3 Å². The average Bonchev–Trinajstić information content (AvgIpc) is 2.73. The fourth-order valence-corrected chi connectivity index (χ4v) is 4.81. The molecule has 0 aromatic heterocycles. The predicted molar refractivity (Wildman–Crippen MR) is 132 cm³/mol. The highest BCUT2D eigenvalue weighted by Gasteiger charge is 2.33. The van der Waals surface area contributed by atoms with Crippen LogP contribution in [0.15, 0.2) is 59.7 Å². The summed E-state index contributed by atoms with van der Waals surface area (Å²) in [4.78, 5) is 10.2. The average molecular weight is 685 g/mol. The molecule has 0 bridgehead atoms. The van der Waals surface area contributed by atoms with Crippen LogP contribution in [-0.2, 0) is 12.8 Å². The predicted octanol–water partition coefficient (Wildman–Crippen LogP) is 6.99. The molecule has 172 valence electrons. The summed E-state index contributed by atoms with van der Waals surface area (Å²) in [5, 5.41) is 15.1. The first-order valence-corrected chi connectivity index (χ1v) is 11.2. The SMILES string of the molecule is O=[N+]([O-])c1cc(C(F)(F)F)ccc1N/N=C/c1cc(I)c(OCc2ccccc2F)c(I)c1. The number of ether oxygens (including phenoxy) is 1. The molecular weight excluding hydrogens is 672 g/mol. The molecule has 0 fully saturated rings. The number of rotatable bonds is 7. The molecule has 0 heterocycles. The van der Waals surface area contributed by atoms with Crippen molar-refractivity contribution in [1.29, 1.82) is 0 Å². The zero-order valence-electron chi connectivity index (χ0n) is 16.4. The molecular formula is C21H13F4I2N3O3. The van der Waals surface area contributed by atoms with Crippen molar-refractivity contribution in [3.05, 3.63) is 94.4 Å². The Morgan fingerprint density at radius 3 is 2.36 bits per heavy atom. The van der Waals surface area contributed by atoms with Gasteiger partial charge in [0, 0.05) is 11.6 Å². The van der Waals surface area contributed by atoms with Gasteiger partial charge in [-0.1, -0.05) is 18.2 Å². The van der Waals surface area contributed by atoms with Crippen LogP contribution in [0.25, 0.3) is 0 Å². The number of nitrogens with one attached hydrogen (secondary N) is 1. The van der Waals surface area contributed by atoms with Gasteiger partial charge in [0.05, 0.1) is 23.8 Å². The molecule has 33 heavy (non-hydrogen) atoms. The number of hydrogen-bond donors (Lipinski definition) is 1. The minimum Gasteiger partial charge on any atom is -0.487 e. The van der Waals surface area contributed by atoms with E-state index in [9.17, 15) is 27.7 Å². The van der Waals surface area contributed by atoms with Gasteiger partial charge in [0.25, 0.3) is 5.69 Å². The van der Waals surface area contributed by atoms with Crippen LogP contribution in [0.2, 0.25) is 0 Å². The summed E-state index contributed by atoms with van der Waals surface area (Å²) in [6.07, 6.45) is -3.33. The molecule has 3 aromatic rings. The second kappa shape index (κ2) is 10.6. The minimum atomic E-state index is -4.70. The smallest absolute Gasteiger partial charge is 0.416 e. The minimum absolute atomic E-state index is 0.0469. The molecule has 0 saturated carbocycles. The van der Waals surface area contributed by atoms with Crippen LogP contribution in [0, 0.1) is 23.1 Å². The fraction of sp³-hybridized carbons (Fsp3) is 0.0952. The largest absolute Gasteiger partial charge is 0.487 e. The Kier molecular flexibility index (Phi) is 8.10. The van der Waals surface area contributed by atoms with E-state index in [0.717, 1.165) is 19.3 Å². The number of nitro benzene ring substituents is 1. The number of anilines is 1. The Morgan fingerprint density at radius 2 is 1.76 bits per heavy atom. The van der Waals surface area contributed by atoms with E-state index < -0.39 is 22.4 Å². The van der Waals surface area contributed by atoms with Crippen LogP contribution < -0.4 is 10.2 Å². The molecule has 0 amide bonds. The third kappa shape index (κ3) is 6.52. The highest BCUT2D eigenvalue weighted by molar-refractivity contribution is 14.1. The van der Waals surface area contributed by atoms with Crippen LogP contribution in [0.3, 0.4) is 0 Å². The maximum absolute atomic E-state index is 13.8. The Labute approximate surface area is 212 Å². The zero-order valence-corrected chi connectivity index (χ0v) is 20.7. The first-order chi connectivity index (χ1) is 15.6. The molecule has 12 heteroatoms. The van der Waals surface area contributed by atoms with Gasteiger partial charge in [0.2, 0.25) is 0 Å². The van der Waals surface area contributed by atoms with E-state index in [4.69, 9.17) is 4.74 Å². The molecule has 0 spiro atoms. The van der Waals surface area contributed by atoms with Gasteiger partial charge in [0.15, 0.2) is 0 Å². The van der Waals surface area contributed by atoms with Gasteiger partial charge in [-0.15, -0.1) is 0 Å². The van der Waals surface area contributed by atoms with Gasteiger partial charge < -0.3 is 4.74 Å². The number of hydrogen-bond acceptors (Lipinski definition) is 5. The molecule has 0 radical (unpaired) electrons. The molecule has 3 rings (SSSR count). The molecule has 0 saturated heterocycles. The van der Waals surface area contributed by atoms with E-state index in [1.165, 1.54) is 12.3 Å². The van der Waals surface area contributed by atoms with Gasteiger partial charge in [0.1, 0.15) is 23.9 Å². The van der Waals surface area contributed by atoms with E-state index in [1.807, 2.05) is 45.2 Å². The Hall–Kier alpha value is -2.49. The number of nitro groups is 1. The number of hydrazone groups is 1. The third-order valence-corrected chi connectivity index (χ3v) is 5.87. The van der Waals surface area contributed by atoms with Crippen molar-refractivity contribution in [3.8, 4) is 5.75 Å². The van der Waals surface area contributed by atoms with Crippen LogP contribution in [0.1, 0.15) is 16.7 Å². The van der Waals surface area contributed by atoms with E-state index in [0.29, 0.717) is 22.9 Å². The standard InChI is InChI=1S/C21H13F4I2N3O3/c22-15-4-2-1-3-13(15)11-33-20-16(26)7-12(8-17(20)27)10-28-29-18-6-5-14(21(23,24)25)9-19(18)30(31)32/h1-10,29H,11H2/b28-10+. The van der Waals surface area contributed by atoms with E-state index in [2.05, 4.69) is 10.5 Å². The summed E-state index contributed by atoms with van der Waals surface area (Å²) in [7, 11) is 0. The monoisotopic (exact) mass is 685 g/mol. The van der Waals surface area contributed by atoms with Crippen LogP contribution in [0.4, 0.5) is 28.9 Å². The molecule has 0 atom stereocenters. The Bertz CT molecular complexity index is 1200. The summed E-state index contributed by atoms with van der Waals surface area (Å²) >= 11 is 4.10. The molecule has 0 aliphatic carbocycles. The summed E-state index contributed by atoms with van der Waals surface area (Å²) in [5.41, 5.74) is 1.38. The van der Waals surface area contributed by atoms with Crippen LogP contribution in [-0.4, -0.2) is 11.1 Å². The van der Waals surface area contributed by atoms with Crippen molar-refractivity contribution in [2.75, 3.05) is 5.43 Å². The van der Waals surface area contributed by atoms with Gasteiger partial charge in [-0.05, 0) is 81.1 Å². The summed E-state index contributed by atoms with van der Waals surface area (Å²) in [5.74, 6) is 0.192. The van der Waals surface area contributed by atoms with Crippen molar-refractivity contribution in [1.82, 2.24) is 0 Å². The van der Waals surface area contributed by atoms with Crippen molar-refractivity contribution in [2.24, 2.45) is 5.10 Å². The first-order valence-electron chi connectivity index (χ1n) is 9.06. The van der Waals surface area contributed by atoms with Gasteiger partial charge >= 0.3 is 6.18 Å². The van der Waals surface area contributed by atoms with Crippen molar-refractivity contribution >= 4 is 62.8 Å². The summed E-state index contributed by atoms with van der Waals surface area (Å²) < 4.78 is 59.4. The summed E-state index contributed by atoms with van der Waals surface area (Å²) in [6, 6.07) is 11.9. The van der Waals surface area contributed by atoms with E-state index in [1.54, 1.807) is 30.3 Å². The molecule has 0 aliphatic rings. The highest BCUT2D eigenvalue weighted by atomic mass is 127. The van der Waals surface area contributed by atoms with E-state index in [-0.39, 0.29) is 18.1 Å². The Balaban J connectivity index is 1.74. The van der Waals surface area contributed by atoms with Crippen LogP contribution in [0.5, 0.6) is 5.75 Å². The zero-order chi connectivity index (χ0) is 24.2. The lowest BCUT2D eigenvalue weighted by Gasteiger charge is -2.12. The van der Waals surface area contributed by atoms with Gasteiger partial charge in [-0.3, -0.25) is 15.5 Å². The molecule has 6 nitrogen and oxygen atoms in total. The highest BCUT2D eigenvalue weighted by Crippen LogP contribution is 2.35. The number of nitrogens with zero attached hydrogens (tertiary/aromatic N) is 2. The normalized spacial score (nSPS) is 11.6. The number of benzene rings is 3. The molecule has 1 N–H and O–H groups in total. The molecule has 0 unspecified atom stereocenters. The molecule has 3 aromatic carbocycles. The first kappa shape index (κ1) is 25.1. The lowest BCUT2D eigenvalue weighted by molar-refractivity contribution is -0.384. The lowest BCUT2D eigenvalue weighted by atomic mass is 10.1. The van der Waals surface area contributed by atoms with Crippen molar-refractivity contribution in [3.63, 3.8) is 0 Å². The lowest BCUT2D eigenvalue weighted by Crippen LogP contribution is -2.06. The summed E-state index contributed by atoms with van der Waals surface area (Å²) in [6.45, 7) is 0.0469. The quantitative estimate of drug-likeness (QED) is 0.0958. The molecule has 0 aliphatic heterocycles. The second-order valence-corrected chi connectivity index (χ2v) is 8.87. The van der Waals surface area contributed by atoms with Gasteiger partial charge in [-0.25, -0.2) is 4.39 Å². The topological polar surface area (TPSA) is 76.8 Å². The van der Waals surface area contributed by atoms with Crippen molar-refractivity contribution in [2.45, 2.75) is 12.8 Å². The number of alkyl halides is 3. The Morgan fingerprint density at radius 1 is 1.09 bits per heavy atom. The second-order valence-electron chi connectivity index (χ2n) is 6.55. The van der Waals surface area contributed by atoms with Crippen molar-refractivity contribution < 1.29 is 27.2 Å². The maximum Gasteiger partial charge on any atom is 0.416 e. The third-order valence-electron chi connectivity index (χ3n) is 4.27. The number of halogens is 6. The van der Waals surface area contributed by atoms with Crippen LogP contribution >= 0.6 is 45.2 Å². The fourth-order valence-electron chi connectivity index (χ4n) is 2.69.